The second-order valence-electron chi connectivity index (χ2n) is 3.03. The van der Waals surface area contributed by atoms with Crippen LogP contribution < -0.4 is 4.74 Å². The van der Waals surface area contributed by atoms with Crippen LogP contribution in [0.5, 0.6) is 5.75 Å². The summed E-state index contributed by atoms with van der Waals surface area (Å²) in [5.41, 5.74) is 1.78. The lowest BCUT2D eigenvalue weighted by molar-refractivity contribution is 0.298. The highest BCUT2D eigenvalue weighted by Gasteiger charge is 2.09. The Bertz CT molecular complexity index is 437. The fourth-order valence-electron chi connectivity index (χ4n) is 1.56. The third-order valence-electron chi connectivity index (χ3n) is 2.20. The highest BCUT2D eigenvalue weighted by Crippen LogP contribution is 2.26. The van der Waals surface area contributed by atoms with Crippen molar-refractivity contribution in [2.75, 3.05) is 13.7 Å². The molecule has 0 amide bonds. The van der Waals surface area contributed by atoms with E-state index in [1.165, 1.54) is 0 Å². The normalized spacial score (nSPS) is 10.7. The molecule has 14 heavy (non-hydrogen) atoms. The van der Waals surface area contributed by atoms with Gasteiger partial charge in [-0.2, -0.15) is 5.10 Å². The number of methoxy groups -OCH3 is 1. The molecule has 0 fully saturated rings. The van der Waals surface area contributed by atoms with Crippen LogP contribution in [0.2, 0.25) is 0 Å². The van der Waals surface area contributed by atoms with Gasteiger partial charge in [-0.05, 0) is 12.1 Å². The number of aromatic nitrogens is 2. The van der Waals surface area contributed by atoms with Gasteiger partial charge in [0.05, 0.1) is 18.0 Å². The van der Waals surface area contributed by atoms with Crippen molar-refractivity contribution in [1.82, 2.24) is 10.2 Å². The number of fused-ring (bicyclic) bond motifs is 1. The number of aliphatic hydroxyl groups is 1. The van der Waals surface area contributed by atoms with Crippen molar-refractivity contribution >= 4 is 10.9 Å². The van der Waals surface area contributed by atoms with Crippen LogP contribution in [0, 0.1) is 0 Å². The molecule has 0 unspecified atom stereocenters. The summed E-state index contributed by atoms with van der Waals surface area (Å²) in [5, 5.41) is 16.9. The van der Waals surface area contributed by atoms with Gasteiger partial charge in [-0.15, -0.1) is 0 Å². The van der Waals surface area contributed by atoms with E-state index in [4.69, 9.17) is 9.84 Å². The highest BCUT2D eigenvalue weighted by molar-refractivity contribution is 5.87. The molecule has 1 heterocycles. The average Bonchev–Trinajstić information content (AvgIpc) is 2.62. The van der Waals surface area contributed by atoms with Gasteiger partial charge in [0.15, 0.2) is 0 Å². The maximum Gasteiger partial charge on any atom is 0.130 e. The van der Waals surface area contributed by atoms with Crippen LogP contribution in [0.3, 0.4) is 0 Å². The number of ether oxygens (including phenoxy) is 1. The van der Waals surface area contributed by atoms with Gasteiger partial charge in [-0.3, -0.25) is 5.10 Å². The Kier molecular flexibility index (Phi) is 2.37. The Morgan fingerprint density at radius 3 is 3.07 bits per heavy atom. The van der Waals surface area contributed by atoms with E-state index in [2.05, 4.69) is 10.2 Å². The Labute approximate surface area is 81.5 Å². The molecule has 2 aromatic rings. The smallest absolute Gasteiger partial charge is 0.130 e. The van der Waals surface area contributed by atoms with Gasteiger partial charge in [0.25, 0.3) is 0 Å². The van der Waals surface area contributed by atoms with E-state index in [-0.39, 0.29) is 6.61 Å². The molecule has 0 saturated carbocycles. The summed E-state index contributed by atoms with van der Waals surface area (Å²) >= 11 is 0. The Morgan fingerprint density at radius 1 is 1.50 bits per heavy atom. The molecule has 2 N–H and O–H groups in total. The lowest BCUT2D eigenvalue weighted by atomic mass is 10.1. The SMILES string of the molecule is COc1cccc2n[nH]c(CCO)c12. The molecule has 0 aliphatic rings. The molecule has 0 radical (unpaired) electrons. The van der Waals surface area contributed by atoms with Gasteiger partial charge < -0.3 is 9.84 Å². The molecule has 1 aromatic heterocycles. The van der Waals surface area contributed by atoms with E-state index >= 15 is 0 Å². The molecule has 4 heteroatoms. The molecule has 0 atom stereocenters. The second-order valence-corrected chi connectivity index (χ2v) is 3.03. The molecule has 0 bridgehead atoms. The molecular formula is C10H12N2O2. The Hall–Kier alpha value is -1.55. The fourth-order valence-corrected chi connectivity index (χ4v) is 1.56. The van der Waals surface area contributed by atoms with Crippen LogP contribution in [0.1, 0.15) is 5.69 Å². The van der Waals surface area contributed by atoms with Gasteiger partial charge in [-0.25, -0.2) is 0 Å². The largest absolute Gasteiger partial charge is 0.496 e. The molecule has 0 spiro atoms. The van der Waals surface area contributed by atoms with Crippen LogP contribution in [-0.2, 0) is 6.42 Å². The predicted molar refractivity (Wildman–Crippen MR) is 53.4 cm³/mol. The minimum absolute atomic E-state index is 0.106. The first kappa shape index (κ1) is 9.02. The van der Waals surface area contributed by atoms with E-state index in [1.54, 1.807) is 7.11 Å². The topological polar surface area (TPSA) is 58.1 Å². The minimum Gasteiger partial charge on any atom is -0.496 e. The summed E-state index contributed by atoms with van der Waals surface area (Å²) in [6.07, 6.45) is 0.566. The van der Waals surface area contributed by atoms with Crippen LogP contribution in [0.15, 0.2) is 18.2 Å². The van der Waals surface area contributed by atoms with Gasteiger partial charge in [0.2, 0.25) is 0 Å². The quantitative estimate of drug-likeness (QED) is 0.765. The number of benzene rings is 1. The number of nitrogens with zero attached hydrogens (tertiary/aromatic N) is 1. The zero-order valence-corrected chi connectivity index (χ0v) is 7.95. The molecule has 4 nitrogen and oxygen atoms in total. The fraction of sp³-hybridized carbons (Fsp3) is 0.300. The first-order valence-corrected chi connectivity index (χ1v) is 4.47. The lowest BCUT2D eigenvalue weighted by Crippen LogP contribution is -1.92. The summed E-state index contributed by atoms with van der Waals surface area (Å²) in [5.74, 6) is 0.791. The maximum atomic E-state index is 8.87. The van der Waals surface area contributed by atoms with Crippen molar-refractivity contribution in [2.45, 2.75) is 6.42 Å². The van der Waals surface area contributed by atoms with Crippen molar-refractivity contribution in [1.29, 1.82) is 0 Å². The minimum atomic E-state index is 0.106. The van der Waals surface area contributed by atoms with E-state index < -0.39 is 0 Å². The molecular weight excluding hydrogens is 180 g/mol. The lowest BCUT2D eigenvalue weighted by Gasteiger charge is -2.02. The van der Waals surface area contributed by atoms with Crippen LogP contribution in [-0.4, -0.2) is 29.0 Å². The van der Waals surface area contributed by atoms with Crippen molar-refractivity contribution in [3.63, 3.8) is 0 Å². The van der Waals surface area contributed by atoms with E-state index in [1.807, 2.05) is 18.2 Å². The van der Waals surface area contributed by atoms with Crippen molar-refractivity contribution in [3.05, 3.63) is 23.9 Å². The number of hydrogen-bond acceptors (Lipinski definition) is 3. The third kappa shape index (κ3) is 1.33. The molecule has 0 aliphatic carbocycles. The summed E-state index contributed by atoms with van der Waals surface area (Å²) in [6, 6.07) is 5.69. The molecule has 74 valence electrons. The number of rotatable bonds is 3. The highest BCUT2D eigenvalue weighted by atomic mass is 16.5. The van der Waals surface area contributed by atoms with E-state index in [9.17, 15) is 0 Å². The summed E-state index contributed by atoms with van der Waals surface area (Å²) < 4.78 is 5.23. The first-order valence-electron chi connectivity index (χ1n) is 4.47. The summed E-state index contributed by atoms with van der Waals surface area (Å²) in [4.78, 5) is 0. The van der Waals surface area contributed by atoms with Gasteiger partial charge >= 0.3 is 0 Å². The standard InChI is InChI=1S/C10H12N2O2/c1-14-9-4-2-3-7-10(9)8(5-6-13)12-11-7/h2-4,13H,5-6H2,1H3,(H,11,12). The number of hydrogen-bond donors (Lipinski definition) is 2. The molecule has 2 rings (SSSR count). The Morgan fingerprint density at radius 2 is 2.36 bits per heavy atom. The predicted octanol–water partition coefficient (Wildman–Crippen LogP) is 1.11. The van der Waals surface area contributed by atoms with Gasteiger partial charge in [-0.1, -0.05) is 6.07 Å². The van der Waals surface area contributed by atoms with Crippen molar-refractivity contribution in [3.8, 4) is 5.75 Å². The number of nitrogens with one attached hydrogen (secondary N) is 1. The summed E-state index contributed by atoms with van der Waals surface area (Å²) in [6.45, 7) is 0.106. The third-order valence-corrected chi connectivity index (χ3v) is 2.20. The zero-order chi connectivity index (χ0) is 9.97. The van der Waals surface area contributed by atoms with Gasteiger partial charge in [0.1, 0.15) is 5.75 Å². The zero-order valence-electron chi connectivity index (χ0n) is 7.95. The maximum absolute atomic E-state index is 8.87. The molecule has 0 aliphatic heterocycles. The van der Waals surface area contributed by atoms with Crippen LogP contribution >= 0.6 is 0 Å². The molecule has 1 aromatic carbocycles. The average molecular weight is 192 g/mol. The first-order chi connectivity index (χ1) is 6.86. The summed E-state index contributed by atoms with van der Waals surface area (Å²) in [7, 11) is 1.63. The van der Waals surface area contributed by atoms with Crippen molar-refractivity contribution < 1.29 is 9.84 Å². The van der Waals surface area contributed by atoms with Gasteiger partial charge in [0, 0.05) is 18.7 Å². The number of aliphatic hydroxyl groups excluding tert-OH is 1. The van der Waals surface area contributed by atoms with Crippen LogP contribution in [0.4, 0.5) is 0 Å². The molecule has 0 saturated heterocycles. The second kappa shape index (κ2) is 3.67. The number of H-pyrrole nitrogens is 1. The van der Waals surface area contributed by atoms with Crippen LogP contribution in [0.25, 0.3) is 10.9 Å². The van der Waals surface area contributed by atoms with E-state index in [0.717, 1.165) is 22.3 Å². The number of aromatic amines is 1. The van der Waals surface area contributed by atoms with Crippen molar-refractivity contribution in [2.24, 2.45) is 0 Å². The monoisotopic (exact) mass is 192 g/mol. The van der Waals surface area contributed by atoms with E-state index in [0.29, 0.717) is 6.42 Å². The Balaban J connectivity index is 2.62.